The third kappa shape index (κ3) is 7.15. The van der Waals surface area contributed by atoms with Crippen molar-refractivity contribution in [1.29, 1.82) is 0 Å². The van der Waals surface area contributed by atoms with E-state index in [4.69, 9.17) is 5.73 Å². The summed E-state index contributed by atoms with van der Waals surface area (Å²) < 4.78 is 1.41. The van der Waals surface area contributed by atoms with Crippen LogP contribution in [0.3, 0.4) is 0 Å². The molecule has 3 unspecified atom stereocenters. The molecule has 54 heavy (non-hydrogen) atoms. The molecular formula is C33H32N10O9S2. The average Bonchev–Trinajstić information content (AvgIpc) is 3.55. The maximum atomic E-state index is 14.4. The molecule has 19 nitrogen and oxygen atoms in total. The first-order valence-electron chi connectivity index (χ1n) is 16.1. The van der Waals surface area contributed by atoms with E-state index in [0.717, 1.165) is 34.6 Å². The third-order valence-corrected chi connectivity index (χ3v) is 11.0. The number of tetrazole rings is 1. The smallest absolute Gasteiger partial charge is 0.352 e. The summed E-state index contributed by atoms with van der Waals surface area (Å²) in [6.45, 7) is 2.76. The Morgan fingerprint density at radius 3 is 2.52 bits per heavy atom. The number of aromatic hydroxyl groups is 1. The second kappa shape index (κ2) is 15.1. The summed E-state index contributed by atoms with van der Waals surface area (Å²) in [5.74, 6) is -5.27. The van der Waals surface area contributed by atoms with E-state index >= 15 is 0 Å². The molecule has 0 aliphatic carbocycles. The molecule has 4 atom stereocenters. The third-order valence-electron chi connectivity index (χ3n) is 8.62. The largest absolute Gasteiger partial charge is 0.508 e. The van der Waals surface area contributed by atoms with E-state index in [1.807, 2.05) is 0 Å². The number of phenols is 1. The number of benzene rings is 2. The van der Waals surface area contributed by atoms with Gasteiger partial charge >= 0.3 is 5.97 Å². The predicted octanol–water partition coefficient (Wildman–Crippen LogP) is 0.304. The van der Waals surface area contributed by atoms with Crippen LogP contribution < -0.4 is 21.8 Å². The molecule has 21 heteroatoms. The number of nitrogens with zero attached hydrogens (tertiary/aromatic N) is 6. The van der Waals surface area contributed by atoms with E-state index in [9.17, 15) is 43.8 Å². The monoisotopic (exact) mass is 776 g/mol. The highest BCUT2D eigenvalue weighted by molar-refractivity contribution is 8.01. The van der Waals surface area contributed by atoms with Crippen molar-refractivity contribution in [2.75, 3.05) is 16.8 Å². The van der Waals surface area contributed by atoms with Crippen molar-refractivity contribution in [2.45, 2.75) is 42.5 Å². The Morgan fingerprint density at radius 1 is 1.15 bits per heavy atom. The van der Waals surface area contributed by atoms with Crippen LogP contribution in [0.5, 0.6) is 5.75 Å². The quantitative estimate of drug-likeness (QED) is 0.0883. The second-order valence-electron chi connectivity index (χ2n) is 12.3. The number of carbonyl (C=O) groups is 6. The van der Waals surface area contributed by atoms with Gasteiger partial charge in [0.25, 0.3) is 17.7 Å². The first-order valence-corrected chi connectivity index (χ1v) is 18.1. The van der Waals surface area contributed by atoms with Gasteiger partial charge in [0.15, 0.2) is 0 Å². The summed E-state index contributed by atoms with van der Waals surface area (Å²) in [6, 6.07) is 5.58. The zero-order chi connectivity index (χ0) is 39.0. The standard InChI is InChI=1S/C33H32N10O9S2/c1-14(36-15(2)44)27(47)37-18-6-9-20-22(10-18)35-11-21(26(20)46)28(48)42(29(49)23(34)16-4-7-19(45)8-5-16)25-30(50)43-24(32(51)52)17(12-53-31(25)43)13-54-33-38-39-40-41(33)3/h4-11,14,23,25,31,45H,12-13,34H2,1-3H3,(H,35,46)(H,36,44)(H,37,47)(H,51,52)/t14?,23?,25?,31-/m0/s1. The number of nitrogens with two attached hydrogens (primary N) is 1. The molecule has 0 bridgehead atoms. The van der Waals surface area contributed by atoms with E-state index < -0.39 is 70.0 Å². The zero-order valence-corrected chi connectivity index (χ0v) is 30.3. The van der Waals surface area contributed by atoms with Crippen LogP contribution in [0.15, 0.2) is 69.9 Å². The summed E-state index contributed by atoms with van der Waals surface area (Å²) in [7, 11) is 1.62. The Kier molecular flexibility index (Phi) is 10.6. The van der Waals surface area contributed by atoms with Gasteiger partial charge in [-0.3, -0.25) is 38.6 Å². The summed E-state index contributed by atoms with van der Waals surface area (Å²) in [5.41, 5.74) is 5.79. The molecule has 0 saturated carbocycles. The van der Waals surface area contributed by atoms with Crippen LogP contribution in [-0.4, -0.2) is 110 Å². The molecule has 280 valence electrons. The van der Waals surface area contributed by atoms with Gasteiger partial charge in [0.05, 0.1) is 5.52 Å². The van der Waals surface area contributed by atoms with E-state index in [1.54, 1.807) is 7.05 Å². The van der Waals surface area contributed by atoms with E-state index in [-0.39, 0.29) is 45.1 Å². The molecule has 0 radical (unpaired) electrons. The molecule has 1 saturated heterocycles. The number of carboxylic acid groups (broad SMARTS) is 1. The number of rotatable bonds is 11. The van der Waals surface area contributed by atoms with Gasteiger partial charge in [0.1, 0.15) is 40.5 Å². The van der Waals surface area contributed by atoms with Crippen LogP contribution in [0.25, 0.3) is 10.9 Å². The molecular weight excluding hydrogens is 745 g/mol. The number of hydrogen-bond donors (Lipinski definition) is 6. The van der Waals surface area contributed by atoms with Crippen molar-refractivity contribution < 1.29 is 39.0 Å². The van der Waals surface area contributed by atoms with E-state index in [1.165, 1.54) is 61.0 Å². The molecule has 2 aliphatic heterocycles. The van der Waals surface area contributed by atoms with Gasteiger partial charge in [-0.05, 0) is 58.8 Å². The molecule has 2 aliphatic rings. The highest BCUT2D eigenvalue weighted by Crippen LogP contribution is 2.44. The number of phenolic OH excluding ortho intramolecular Hbond substituents is 1. The maximum Gasteiger partial charge on any atom is 0.352 e. The molecule has 2 aromatic heterocycles. The maximum absolute atomic E-state index is 14.4. The van der Waals surface area contributed by atoms with Crippen LogP contribution in [0.1, 0.15) is 35.8 Å². The lowest BCUT2D eigenvalue weighted by Crippen LogP contribution is -2.73. The predicted molar refractivity (Wildman–Crippen MR) is 194 cm³/mol. The molecule has 2 aromatic carbocycles. The molecule has 4 aromatic rings. The molecule has 1 fully saturated rings. The van der Waals surface area contributed by atoms with Gasteiger partial charge in [-0.2, -0.15) is 0 Å². The number of thioether (sulfide) groups is 2. The number of H-pyrrole nitrogens is 1. The van der Waals surface area contributed by atoms with Crippen LogP contribution in [-0.2, 0) is 31.0 Å². The van der Waals surface area contributed by atoms with Crippen molar-refractivity contribution in [3.8, 4) is 5.75 Å². The van der Waals surface area contributed by atoms with Crippen LogP contribution in [0, 0.1) is 0 Å². The lowest BCUT2D eigenvalue weighted by molar-refractivity contribution is -0.157. The van der Waals surface area contributed by atoms with Crippen molar-refractivity contribution >= 4 is 75.6 Å². The highest BCUT2D eigenvalue weighted by atomic mass is 32.2. The number of anilines is 1. The summed E-state index contributed by atoms with van der Waals surface area (Å²) in [4.78, 5) is 97.2. The Hall–Kier alpha value is -6.06. The number of amides is 5. The number of hydrogen-bond acceptors (Lipinski definition) is 14. The Balaban J connectivity index is 1.34. The van der Waals surface area contributed by atoms with Gasteiger partial charge in [-0.1, -0.05) is 23.9 Å². The highest BCUT2D eigenvalue weighted by Gasteiger charge is 2.59. The number of aromatic amines is 1. The number of carboxylic acids is 1. The van der Waals surface area contributed by atoms with Crippen LogP contribution >= 0.6 is 23.5 Å². The first-order chi connectivity index (χ1) is 25.7. The number of β-lactam (4-membered cyclic amide) rings is 1. The number of aliphatic carboxylic acids is 1. The van der Waals surface area contributed by atoms with Crippen molar-refractivity contribution in [2.24, 2.45) is 12.8 Å². The molecule has 7 N–H and O–H groups in total. The Labute approximate surface area is 313 Å². The van der Waals surface area contributed by atoms with Gasteiger partial charge < -0.3 is 31.6 Å². The number of nitrogens with one attached hydrogen (secondary N) is 3. The van der Waals surface area contributed by atoms with Crippen molar-refractivity contribution in [3.05, 3.63) is 81.3 Å². The number of aryl methyl sites for hydroxylation is 1. The van der Waals surface area contributed by atoms with Crippen LogP contribution in [0.2, 0.25) is 0 Å². The fraction of sp³-hybridized carbons (Fsp3) is 0.273. The fourth-order valence-electron chi connectivity index (χ4n) is 5.92. The van der Waals surface area contributed by atoms with Gasteiger partial charge in [-0.25, -0.2) is 9.48 Å². The molecule has 6 rings (SSSR count). The number of imide groups is 1. The zero-order valence-electron chi connectivity index (χ0n) is 28.7. The topological polar surface area (TPSA) is 276 Å². The minimum absolute atomic E-state index is 0.00828. The Bertz CT molecular complexity index is 2310. The second-order valence-corrected chi connectivity index (χ2v) is 14.3. The fourth-order valence-corrected chi connectivity index (χ4v) is 8.30. The average molecular weight is 777 g/mol. The first kappa shape index (κ1) is 37.7. The van der Waals surface area contributed by atoms with Crippen LogP contribution in [0.4, 0.5) is 5.69 Å². The molecule has 5 amide bonds. The SMILES string of the molecule is CC(=O)NC(C)C(=O)Nc1ccc2c(=O)c(C(=O)N(C(=O)C(N)c3ccc(O)cc3)C3C(=O)N4C(C(=O)O)=C(CSc5nnnn5C)CS[C@@H]34)c[nH]c2c1. The Morgan fingerprint density at radius 2 is 1.87 bits per heavy atom. The molecule has 4 heterocycles. The van der Waals surface area contributed by atoms with Gasteiger partial charge in [-0.15, -0.1) is 16.9 Å². The van der Waals surface area contributed by atoms with E-state index in [0.29, 0.717) is 15.6 Å². The number of pyridine rings is 1. The normalized spacial score (nSPS) is 17.6. The van der Waals surface area contributed by atoms with Gasteiger partial charge in [0.2, 0.25) is 22.4 Å². The summed E-state index contributed by atoms with van der Waals surface area (Å²) in [6.07, 6.45) is 1.07. The van der Waals surface area contributed by atoms with Crippen molar-refractivity contribution in [1.82, 2.24) is 40.3 Å². The van der Waals surface area contributed by atoms with E-state index in [2.05, 4.69) is 31.1 Å². The molecule has 0 spiro atoms. The van der Waals surface area contributed by atoms with Gasteiger partial charge in [0, 0.05) is 42.7 Å². The minimum atomic E-state index is -1.54. The lowest BCUT2D eigenvalue weighted by atomic mass is 9.97. The minimum Gasteiger partial charge on any atom is -0.508 e. The number of fused-ring (bicyclic) bond motifs is 2. The van der Waals surface area contributed by atoms with Crippen molar-refractivity contribution in [3.63, 3.8) is 0 Å². The summed E-state index contributed by atoms with van der Waals surface area (Å²) >= 11 is 2.29. The number of aromatic nitrogens is 5. The lowest BCUT2D eigenvalue weighted by Gasteiger charge is -2.52. The summed E-state index contributed by atoms with van der Waals surface area (Å²) in [5, 5.41) is 35.7. The number of carbonyl (C=O) groups excluding carboxylic acids is 5.